The zero-order valence-corrected chi connectivity index (χ0v) is 28.9. The molecule has 0 aliphatic rings. The molecular weight excluding hydrogens is 624 g/mol. The standard InChI is InChI=1S/C44H52O6/c1-3-41(47-31-35-21-11-7-12-22-35)43(49-33-37-25-15-9-16-26-37)39(45)29-19-5-6-20-30-40(46)44(50-34-38-27-17-10-18-28-38)42(4-2)48-32-36-23-13-8-14-24-36/h3-18,21-28,39-46H,1-2,19-20,29-34H2/b6-5+/t39-,40-,41-,42-,43-,44-/m1/s1. The fourth-order valence-corrected chi connectivity index (χ4v) is 5.61. The summed E-state index contributed by atoms with van der Waals surface area (Å²) in [6.07, 6.45) is 5.96. The monoisotopic (exact) mass is 676 g/mol. The Hall–Kier alpha value is -4.14. The molecular formula is C44H52O6. The van der Waals surface area contributed by atoms with Gasteiger partial charge in [-0.3, -0.25) is 0 Å². The van der Waals surface area contributed by atoms with Gasteiger partial charge in [-0.25, -0.2) is 0 Å². The van der Waals surface area contributed by atoms with Gasteiger partial charge in [-0.05, 0) is 47.9 Å². The van der Waals surface area contributed by atoms with E-state index in [9.17, 15) is 10.2 Å². The van der Waals surface area contributed by atoms with Gasteiger partial charge < -0.3 is 29.2 Å². The first-order valence-electron chi connectivity index (χ1n) is 17.5. The quantitative estimate of drug-likeness (QED) is 0.0725. The van der Waals surface area contributed by atoms with Crippen molar-refractivity contribution in [1.29, 1.82) is 0 Å². The number of hydrogen-bond donors (Lipinski definition) is 2. The lowest BCUT2D eigenvalue weighted by Gasteiger charge is -2.29. The van der Waals surface area contributed by atoms with Crippen molar-refractivity contribution >= 4 is 0 Å². The SMILES string of the molecule is C=C[C@@H](OCc1ccccc1)[C@H](OCc1ccccc1)[C@H](O)CC/C=C/CC[C@@H](O)[C@@H](OCc1ccccc1)[C@@H](C=C)OCc1ccccc1. The van der Waals surface area contributed by atoms with Crippen LogP contribution in [0.4, 0.5) is 0 Å². The molecule has 6 heteroatoms. The van der Waals surface area contributed by atoms with Crippen LogP contribution in [0.25, 0.3) is 0 Å². The fourth-order valence-electron chi connectivity index (χ4n) is 5.61. The Kier molecular flexibility index (Phi) is 17.4. The first-order valence-corrected chi connectivity index (χ1v) is 17.5. The van der Waals surface area contributed by atoms with Crippen molar-refractivity contribution in [2.24, 2.45) is 0 Å². The molecule has 0 unspecified atom stereocenters. The molecule has 0 saturated carbocycles. The summed E-state index contributed by atoms with van der Waals surface area (Å²) in [5.74, 6) is 0. The first kappa shape index (κ1) is 38.7. The first-order chi connectivity index (χ1) is 24.6. The van der Waals surface area contributed by atoms with Gasteiger partial charge in [0.2, 0.25) is 0 Å². The minimum atomic E-state index is -0.779. The van der Waals surface area contributed by atoms with Crippen molar-refractivity contribution in [2.75, 3.05) is 0 Å². The van der Waals surface area contributed by atoms with Crippen molar-refractivity contribution in [3.63, 3.8) is 0 Å². The van der Waals surface area contributed by atoms with Crippen LogP contribution in [0, 0.1) is 0 Å². The molecule has 0 aromatic heterocycles. The maximum absolute atomic E-state index is 11.3. The molecule has 0 fully saturated rings. The predicted octanol–water partition coefficient (Wildman–Crippen LogP) is 8.54. The number of benzene rings is 4. The summed E-state index contributed by atoms with van der Waals surface area (Å²) < 4.78 is 24.9. The summed E-state index contributed by atoms with van der Waals surface area (Å²) >= 11 is 0. The number of hydrogen-bond acceptors (Lipinski definition) is 6. The molecule has 6 atom stereocenters. The van der Waals surface area contributed by atoms with Crippen LogP contribution in [0.2, 0.25) is 0 Å². The van der Waals surface area contributed by atoms with E-state index < -0.39 is 36.6 Å². The molecule has 264 valence electrons. The minimum absolute atomic E-state index is 0.351. The lowest BCUT2D eigenvalue weighted by molar-refractivity contribution is -0.117. The van der Waals surface area contributed by atoms with Gasteiger partial charge in [0, 0.05) is 0 Å². The summed E-state index contributed by atoms with van der Waals surface area (Å²) in [5.41, 5.74) is 4.11. The van der Waals surface area contributed by atoms with E-state index in [1.165, 1.54) is 0 Å². The minimum Gasteiger partial charge on any atom is -0.390 e. The van der Waals surface area contributed by atoms with Gasteiger partial charge in [0.25, 0.3) is 0 Å². The molecule has 0 spiro atoms. The fraction of sp³-hybridized carbons (Fsp3) is 0.318. The molecule has 0 saturated heterocycles. The normalized spacial score (nSPS) is 15.2. The van der Waals surface area contributed by atoms with Crippen LogP contribution < -0.4 is 0 Å². The molecule has 2 N–H and O–H groups in total. The highest BCUT2D eigenvalue weighted by Crippen LogP contribution is 2.21. The molecule has 0 aliphatic carbocycles. The molecule has 0 aliphatic heterocycles. The largest absolute Gasteiger partial charge is 0.390 e. The Bertz CT molecular complexity index is 1380. The molecule has 50 heavy (non-hydrogen) atoms. The zero-order valence-electron chi connectivity index (χ0n) is 28.9. The summed E-state index contributed by atoms with van der Waals surface area (Å²) in [7, 11) is 0. The van der Waals surface area contributed by atoms with Crippen LogP contribution in [0.15, 0.2) is 159 Å². The van der Waals surface area contributed by atoms with Gasteiger partial charge in [-0.1, -0.05) is 146 Å². The zero-order chi connectivity index (χ0) is 35.2. The molecule has 6 nitrogen and oxygen atoms in total. The third-order valence-electron chi connectivity index (χ3n) is 8.44. The van der Waals surface area contributed by atoms with Crippen molar-refractivity contribution in [2.45, 2.75) is 88.7 Å². The van der Waals surface area contributed by atoms with E-state index in [4.69, 9.17) is 18.9 Å². The Morgan fingerprint density at radius 2 is 0.720 bits per heavy atom. The molecule has 4 aromatic carbocycles. The van der Waals surface area contributed by atoms with E-state index in [0.29, 0.717) is 52.1 Å². The number of rotatable bonds is 24. The number of aliphatic hydroxyl groups is 2. The number of ether oxygens (including phenoxy) is 4. The third-order valence-corrected chi connectivity index (χ3v) is 8.44. The van der Waals surface area contributed by atoms with E-state index in [-0.39, 0.29) is 0 Å². The van der Waals surface area contributed by atoms with E-state index >= 15 is 0 Å². The average molecular weight is 677 g/mol. The van der Waals surface area contributed by atoms with Crippen LogP contribution in [-0.2, 0) is 45.4 Å². The van der Waals surface area contributed by atoms with Crippen molar-refractivity contribution in [3.8, 4) is 0 Å². The van der Waals surface area contributed by atoms with Crippen LogP contribution in [0.3, 0.4) is 0 Å². The Balaban J connectivity index is 1.31. The number of aliphatic hydroxyl groups excluding tert-OH is 2. The molecule has 0 amide bonds. The van der Waals surface area contributed by atoms with Crippen molar-refractivity contribution in [3.05, 3.63) is 181 Å². The van der Waals surface area contributed by atoms with E-state index in [0.717, 1.165) is 22.3 Å². The topological polar surface area (TPSA) is 77.4 Å². The smallest absolute Gasteiger partial charge is 0.113 e. The average Bonchev–Trinajstić information content (AvgIpc) is 3.17. The third kappa shape index (κ3) is 13.6. The van der Waals surface area contributed by atoms with Gasteiger partial charge >= 0.3 is 0 Å². The van der Waals surface area contributed by atoms with Crippen molar-refractivity contribution in [1.82, 2.24) is 0 Å². The van der Waals surface area contributed by atoms with Crippen LogP contribution in [-0.4, -0.2) is 46.8 Å². The maximum atomic E-state index is 11.3. The van der Waals surface area contributed by atoms with Gasteiger partial charge in [-0.2, -0.15) is 0 Å². The molecule has 0 heterocycles. The van der Waals surface area contributed by atoms with Gasteiger partial charge in [0.15, 0.2) is 0 Å². The highest BCUT2D eigenvalue weighted by molar-refractivity contribution is 5.16. The van der Waals surface area contributed by atoms with E-state index in [1.54, 1.807) is 12.2 Å². The summed E-state index contributed by atoms with van der Waals surface area (Å²) in [4.78, 5) is 0. The van der Waals surface area contributed by atoms with Gasteiger partial charge in [0.1, 0.15) is 24.4 Å². The maximum Gasteiger partial charge on any atom is 0.113 e. The highest BCUT2D eigenvalue weighted by atomic mass is 16.6. The predicted molar refractivity (Wildman–Crippen MR) is 200 cm³/mol. The molecule has 0 bridgehead atoms. The Labute approximate surface area is 298 Å². The molecule has 4 aromatic rings. The van der Waals surface area contributed by atoms with E-state index in [2.05, 4.69) is 13.2 Å². The van der Waals surface area contributed by atoms with Crippen molar-refractivity contribution < 1.29 is 29.2 Å². The van der Waals surface area contributed by atoms with Gasteiger partial charge in [-0.15, -0.1) is 13.2 Å². The lowest BCUT2D eigenvalue weighted by atomic mass is 10.0. The van der Waals surface area contributed by atoms with Crippen LogP contribution in [0.5, 0.6) is 0 Å². The summed E-state index contributed by atoms with van der Waals surface area (Å²) in [6, 6.07) is 39.6. The summed E-state index contributed by atoms with van der Waals surface area (Å²) in [5, 5.41) is 22.6. The molecule has 4 rings (SSSR count). The number of allylic oxidation sites excluding steroid dienone is 2. The lowest BCUT2D eigenvalue weighted by Crippen LogP contribution is -2.40. The summed E-state index contributed by atoms with van der Waals surface area (Å²) in [6.45, 7) is 9.43. The highest BCUT2D eigenvalue weighted by Gasteiger charge is 2.29. The second-order valence-electron chi connectivity index (χ2n) is 12.3. The molecule has 0 radical (unpaired) electrons. The van der Waals surface area contributed by atoms with Crippen LogP contribution >= 0.6 is 0 Å². The van der Waals surface area contributed by atoms with Gasteiger partial charge in [0.05, 0.1) is 38.6 Å². The second kappa shape index (κ2) is 22.6. The van der Waals surface area contributed by atoms with Crippen LogP contribution in [0.1, 0.15) is 47.9 Å². The Morgan fingerprint density at radius 1 is 0.440 bits per heavy atom. The Morgan fingerprint density at radius 3 is 1.00 bits per heavy atom. The second-order valence-corrected chi connectivity index (χ2v) is 12.3. The van der Waals surface area contributed by atoms with E-state index in [1.807, 2.05) is 133 Å².